The van der Waals surface area contributed by atoms with Gasteiger partial charge in [-0.2, -0.15) is 15.3 Å². The molecule has 0 radical (unpaired) electrons. The molecule has 1 aliphatic heterocycles. The first-order chi connectivity index (χ1) is 15.1. The van der Waals surface area contributed by atoms with Crippen molar-refractivity contribution in [2.45, 2.75) is 26.4 Å². The van der Waals surface area contributed by atoms with Gasteiger partial charge in [0.15, 0.2) is 5.82 Å². The molecule has 2 aromatic carbocycles. The van der Waals surface area contributed by atoms with E-state index in [1.54, 1.807) is 0 Å². The van der Waals surface area contributed by atoms with Crippen LogP contribution in [-0.4, -0.2) is 42.3 Å². The second kappa shape index (κ2) is 7.75. The topological polar surface area (TPSA) is 76.8 Å². The zero-order valence-corrected chi connectivity index (χ0v) is 17.4. The minimum absolute atomic E-state index is 0.0232. The quantitative estimate of drug-likeness (QED) is 0.511. The number of aromatic nitrogens is 5. The van der Waals surface area contributed by atoms with E-state index in [1.807, 2.05) is 90.2 Å². The molecule has 0 spiro atoms. The van der Waals surface area contributed by atoms with Gasteiger partial charge in [-0.25, -0.2) is 9.67 Å². The van der Waals surface area contributed by atoms with Crippen molar-refractivity contribution in [3.63, 3.8) is 0 Å². The molecular weight excluding hydrogens is 388 g/mol. The van der Waals surface area contributed by atoms with Crippen molar-refractivity contribution in [3.8, 4) is 22.6 Å². The number of hydrogen-bond acceptors (Lipinski definition) is 5. The Morgan fingerprint density at radius 2 is 1.74 bits per heavy atom. The van der Waals surface area contributed by atoms with Crippen LogP contribution < -0.4 is 0 Å². The Hall–Kier alpha value is -3.87. The molecule has 0 saturated heterocycles. The summed E-state index contributed by atoms with van der Waals surface area (Å²) in [5.41, 5.74) is 4.08. The third kappa shape index (κ3) is 3.59. The zero-order chi connectivity index (χ0) is 21.4. The van der Waals surface area contributed by atoms with Crippen LogP contribution in [0.25, 0.3) is 22.6 Å². The molecule has 1 amide bonds. The highest BCUT2D eigenvalue weighted by Gasteiger charge is 2.31. The molecule has 7 heteroatoms. The van der Waals surface area contributed by atoms with Gasteiger partial charge in [0, 0.05) is 23.2 Å². The first kappa shape index (κ1) is 19.1. The summed E-state index contributed by atoms with van der Waals surface area (Å²) in [5, 5.41) is 13.0. The van der Waals surface area contributed by atoms with Crippen LogP contribution in [0, 0.1) is 6.92 Å². The van der Waals surface area contributed by atoms with Crippen LogP contribution in [0.5, 0.6) is 0 Å². The van der Waals surface area contributed by atoms with E-state index in [2.05, 4.69) is 15.3 Å². The van der Waals surface area contributed by atoms with Gasteiger partial charge in [0.1, 0.15) is 5.82 Å². The molecule has 5 rings (SSSR count). The van der Waals surface area contributed by atoms with Gasteiger partial charge in [0.25, 0.3) is 5.91 Å². The van der Waals surface area contributed by atoms with Gasteiger partial charge in [-0.3, -0.25) is 4.79 Å². The lowest BCUT2D eigenvalue weighted by Gasteiger charge is -2.33. The van der Waals surface area contributed by atoms with Gasteiger partial charge in [0.05, 0.1) is 24.0 Å². The predicted octanol–water partition coefficient (Wildman–Crippen LogP) is 3.93. The molecule has 7 nitrogen and oxygen atoms in total. The Morgan fingerprint density at radius 3 is 2.52 bits per heavy atom. The Balaban J connectivity index is 1.42. The number of aryl methyl sites for hydroxylation is 1. The lowest BCUT2D eigenvalue weighted by Crippen LogP contribution is -2.41. The summed E-state index contributed by atoms with van der Waals surface area (Å²) in [6, 6.07) is 21.1. The van der Waals surface area contributed by atoms with Gasteiger partial charge < -0.3 is 4.90 Å². The highest BCUT2D eigenvalue weighted by Crippen LogP contribution is 2.28. The molecule has 3 heterocycles. The van der Waals surface area contributed by atoms with Crippen LogP contribution in [0.3, 0.4) is 0 Å². The van der Waals surface area contributed by atoms with E-state index in [-0.39, 0.29) is 11.9 Å². The second-order valence-corrected chi connectivity index (χ2v) is 7.70. The third-order valence-corrected chi connectivity index (χ3v) is 5.59. The fourth-order valence-corrected chi connectivity index (χ4v) is 3.88. The lowest BCUT2D eigenvalue weighted by atomic mass is 10.1. The number of benzene rings is 2. The minimum Gasteiger partial charge on any atom is -0.327 e. The van der Waals surface area contributed by atoms with Crippen LogP contribution in [0.4, 0.5) is 0 Å². The predicted molar refractivity (Wildman–Crippen MR) is 117 cm³/mol. The summed E-state index contributed by atoms with van der Waals surface area (Å²) in [7, 11) is 0. The first-order valence-electron chi connectivity index (χ1n) is 10.3. The molecule has 2 aromatic heterocycles. The van der Waals surface area contributed by atoms with Crippen molar-refractivity contribution in [1.82, 2.24) is 29.9 Å². The molecule has 31 heavy (non-hydrogen) atoms. The molecular formula is C24H22N6O. The number of carbonyl (C=O) groups excluding carboxylic acids is 1. The highest BCUT2D eigenvalue weighted by molar-refractivity contribution is 5.95. The zero-order valence-electron chi connectivity index (χ0n) is 17.4. The largest absolute Gasteiger partial charge is 0.327 e. The van der Waals surface area contributed by atoms with Crippen molar-refractivity contribution < 1.29 is 4.79 Å². The summed E-state index contributed by atoms with van der Waals surface area (Å²) in [6.45, 7) is 5.10. The van der Waals surface area contributed by atoms with Gasteiger partial charge >= 0.3 is 0 Å². The van der Waals surface area contributed by atoms with Gasteiger partial charge in [-0.15, -0.1) is 0 Å². The van der Waals surface area contributed by atoms with Crippen LogP contribution in [0.1, 0.15) is 34.8 Å². The van der Waals surface area contributed by atoms with E-state index in [1.165, 1.54) is 0 Å². The minimum atomic E-state index is -0.172. The molecule has 1 aliphatic rings. The summed E-state index contributed by atoms with van der Waals surface area (Å²) in [4.78, 5) is 20.0. The second-order valence-electron chi connectivity index (χ2n) is 7.70. The van der Waals surface area contributed by atoms with Crippen LogP contribution in [-0.2, 0) is 6.54 Å². The number of hydrogen-bond donors (Lipinski definition) is 0. The summed E-state index contributed by atoms with van der Waals surface area (Å²) < 4.78 is 1.91. The normalized spacial score (nSPS) is 15.5. The van der Waals surface area contributed by atoms with Crippen LogP contribution in [0.2, 0.25) is 0 Å². The lowest BCUT2D eigenvalue weighted by molar-refractivity contribution is 0.0631. The van der Waals surface area contributed by atoms with Gasteiger partial charge in [0.2, 0.25) is 0 Å². The van der Waals surface area contributed by atoms with E-state index in [0.29, 0.717) is 24.5 Å². The molecule has 1 atom stereocenters. The molecule has 0 bridgehead atoms. The Labute approximate surface area is 180 Å². The van der Waals surface area contributed by atoms with Gasteiger partial charge in [-0.1, -0.05) is 42.5 Å². The van der Waals surface area contributed by atoms with Crippen molar-refractivity contribution in [1.29, 1.82) is 0 Å². The summed E-state index contributed by atoms with van der Waals surface area (Å²) >= 11 is 0. The Kier molecular flexibility index (Phi) is 4.78. The smallest absolute Gasteiger partial charge is 0.254 e. The Morgan fingerprint density at radius 1 is 0.935 bits per heavy atom. The number of amides is 1. The average molecular weight is 410 g/mol. The fraction of sp³-hybridized carbons (Fsp3) is 0.208. The van der Waals surface area contributed by atoms with Crippen molar-refractivity contribution >= 4 is 5.91 Å². The van der Waals surface area contributed by atoms with E-state index in [0.717, 1.165) is 28.3 Å². The van der Waals surface area contributed by atoms with Crippen molar-refractivity contribution in [2.75, 3.05) is 6.54 Å². The van der Waals surface area contributed by atoms with Crippen molar-refractivity contribution in [3.05, 3.63) is 83.8 Å². The SMILES string of the molecule is Cc1ccc(-c2cccc(C(=O)N3CCn4nc(-c5ccccc5)nc4[C@@H]3C)c2)nn1. The number of carbonyl (C=O) groups is 1. The number of fused-ring (bicyclic) bond motifs is 1. The third-order valence-electron chi connectivity index (χ3n) is 5.59. The molecule has 0 fully saturated rings. The molecule has 154 valence electrons. The Bertz CT molecular complexity index is 1230. The monoisotopic (exact) mass is 410 g/mol. The molecule has 0 aliphatic carbocycles. The van der Waals surface area contributed by atoms with Gasteiger partial charge in [-0.05, 0) is 38.1 Å². The standard InChI is InChI=1S/C24H22N6O/c1-16-11-12-21(27-26-16)19-9-6-10-20(15-19)24(31)29-13-14-30-23(17(29)2)25-22(28-30)18-7-4-3-5-8-18/h3-12,15,17H,13-14H2,1-2H3/t17-/m0/s1. The fourth-order valence-electron chi connectivity index (χ4n) is 3.88. The number of rotatable bonds is 3. The van der Waals surface area contributed by atoms with E-state index in [9.17, 15) is 4.79 Å². The number of nitrogens with zero attached hydrogens (tertiary/aromatic N) is 6. The van der Waals surface area contributed by atoms with Crippen LogP contribution in [0.15, 0.2) is 66.7 Å². The van der Waals surface area contributed by atoms with E-state index >= 15 is 0 Å². The van der Waals surface area contributed by atoms with Crippen molar-refractivity contribution in [2.24, 2.45) is 0 Å². The molecule has 0 unspecified atom stereocenters. The summed E-state index contributed by atoms with van der Waals surface area (Å²) in [6.07, 6.45) is 0. The maximum atomic E-state index is 13.4. The van der Waals surface area contributed by atoms with E-state index < -0.39 is 0 Å². The van der Waals surface area contributed by atoms with E-state index in [4.69, 9.17) is 4.98 Å². The molecule has 0 saturated carbocycles. The first-order valence-corrected chi connectivity index (χ1v) is 10.3. The average Bonchev–Trinajstić information content (AvgIpc) is 3.26. The molecule has 4 aromatic rings. The summed E-state index contributed by atoms with van der Waals surface area (Å²) in [5.74, 6) is 1.47. The van der Waals surface area contributed by atoms with Crippen LogP contribution >= 0.6 is 0 Å². The maximum absolute atomic E-state index is 13.4. The maximum Gasteiger partial charge on any atom is 0.254 e. The highest BCUT2D eigenvalue weighted by atomic mass is 16.2. The molecule has 0 N–H and O–H groups in total.